The van der Waals surface area contributed by atoms with E-state index in [2.05, 4.69) is 22.8 Å². The monoisotopic (exact) mass is 381 g/mol. The van der Waals surface area contributed by atoms with Crippen molar-refractivity contribution in [2.75, 3.05) is 32.1 Å². The smallest absolute Gasteiger partial charge is 0.319 e. The van der Waals surface area contributed by atoms with Crippen molar-refractivity contribution in [1.82, 2.24) is 10.2 Å². The fourth-order valence-electron chi connectivity index (χ4n) is 3.28. The summed E-state index contributed by atoms with van der Waals surface area (Å²) in [5.41, 5.74) is 2.40. The number of carbonyl (C=O) groups is 2. The van der Waals surface area contributed by atoms with E-state index in [-0.39, 0.29) is 18.0 Å². The van der Waals surface area contributed by atoms with Crippen LogP contribution in [0.15, 0.2) is 54.6 Å². The molecule has 28 heavy (non-hydrogen) atoms. The third-order valence-corrected chi connectivity index (χ3v) is 5.03. The Morgan fingerprint density at radius 1 is 1.14 bits per heavy atom. The highest BCUT2D eigenvalue weighted by Gasteiger charge is 2.26. The Morgan fingerprint density at radius 3 is 2.68 bits per heavy atom. The lowest BCUT2D eigenvalue weighted by Crippen LogP contribution is -2.35. The second kappa shape index (κ2) is 9.37. The molecule has 0 saturated carbocycles. The first-order chi connectivity index (χ1) is 13.6. The average molecular weight is 381 g/mol. The zero-order valence-corrected chi connectivity index (χ0v) is 16.4. The molecular formula is C22H27N3O3. The van der Waals surface area contributed by atoms with Gasteiger partial charge in [0, 0.05) is 37.3 Å². The highest BCUT2D eigenvalue weighted by atomic mass is 16.5. The molecule has 0 bridgehead atoms. The number of hydrogen-bond acceptors (Lipinski definition) is 3. The summed E-state index contributed by atoms with van der Waals surface area (Å²) in [7, 11) is 1.75. The molecule has 0 aliphatic carbocycles. The SMILES string of the molecule is CCN(C)C(=O)c1cccc(NC(=O)NC[C@@H]2C[C@H](c3ccccc3)CO2)c1. The van der Waals surface area contributed by atoms with E-state index in [0.717, 1.165) is 6.42 Å². The van der Waals surface area contributed by atoms with Crippen LogP contribution in [-0.2, 0) is 4.74 Å². The van der Waals surface area contributed by atoms with Gasteiger partial charge in [-0.2, -0.15) is 0 Å². The van der Waals surface area contributed by atoms with Gasteiger partial charge in [0.15, 0.2) is 0 Å². The highest BCUT2D eigenvalue weighted by Crippen LogP contribution is 2.28. The maximum absolute atomic E-state index is 12.2. The van der Waals surface area contributed by atoms with Gasteiger partial charge in [-0.15, -0.1) is 0 Å². The van der Waals surface area contributed by atoms with Gasteiger partial charge in [0.25, 0.3) is 5.91 Å². The molecule has 0 radical (unpaired) electrons. The molecule has 1 aliphatic rings. The van der Waals surface area contributed by atoms with Crippen LogP contribution in [0.4, 0.5) is 10.5 Å². The number of amides is 3. The van der Waals surface area contributed by atoms with Crippen LogP contribution in [0.1, 0.15) is 35.2 Å². The lowest BCUT2D eigenvalue weighted by Gasteiger charge is -2.15. The zero-order chi connectivity index (χ0) is 19.9. The number of hydrogen-bond donors (Lipinski definition) is 2. The molecule has 3 amide bonds. The molecule has 6 heteroatoms. The van der Waals surface area contributed by atoms with Crippen molar-refractivity contribution < 1.29 is 14.3 Å². The Balaban J connectivity index is 1.48. The van der Waals surface area contributed by atoms with Crippen LogP contribution in [0.2, 0.25) is 0 Å². The summed E-state index contributed by atoms with van der Waals surface area (Å²) in [6, 6.07) is 16.9. The highest BCUT2D eigenvalue weighted by molar-refractivity contribution is 5.96. The fourth-order valence-corrected chi connectivity index (χ4v) is 3.28. The van der Waals surface area contributed by atoms with Crippen molar-refractivity contribution in [2.24, 2.45) is 0 Å². The number of urea groups is 1. The molecule has 1 heterocycles. The quantitative estimate of drug-likeness (QED) is 0.805. The predicted molar refractivity (Wildman–Crippen MR) is 110 cm³/mol. The van der Waals surface area contributed by atoms with Gasteiger partial charge in [-0.05, 0) is 37.1 Å². The minimum absolute atomic E-state index is 0.00192. The summed E-state index contributed by atoms with van der Waals surface area (Å²) in [6.45, 7) is 3.67. The van der Waals surface area contributed by atoms with E-state index in [1.165, 1.54) is 5.56 Å². The Hall–Kier alpha value is -2.86. The lowest BCUT2D eigenvalue weighted by atomic mass is 9.96. The summed E-state index contributed by atoms with van der Waals surface area (Å²) in [5.74, 6) is 0.298. The lowest BCUT2D eigenvalue weighted by molar-refractivity contribution is 0.0802. The van der Waals surface area contributed by atoms with Crippen molar-refractivity contribution in [3.63, 3.8) is 0 Å². The number of rotatable bonds is 6. The number of carbonyl (C=O) groups excluding carboxylic acids is 2. The molecule has 3 rings (SSSR count). The van der Waals surface area contributed by atoms with Gasteiger partial charge in [-0.3, -0.25) is 4.79 Å². The van der Waals surface area contributed by atoms with Crippen molar-refractivity contribution >= 4 is 17.6 Å². The average Bonchev–Trinajstić information content (AvgIpc) is 3.21. The number of anilines is 1. The topological polar surface area (TPSA) is 70.7 Å². The van der Waals surface area contributed by atoms with Crippen LogP contribution in [0.25, 0.3) is 0 Å². The second-order valence-corrected chi connectivity index (χ2v) is 7.03. The minimum Gasteiger partial charge on any atom is -0.376 e. The van der Waals surface area contributed by atoms with Crippen LogP contribution in [0.5, 0.6) is 0 Å². The van der Waals surface area contributed by atoms with Gasteiger partial charge in [-0.25, -0.2) is 4.79 Å². The van der Waals surface area contributed by atoms with Crippen LogP contribution in [0.3, 0.4) is 0 Å². The molecule has 2 aromatic rings. The molecule has 1 aliphatic heterocycles. The zero-order valence-electron chi connectivity index (χ0n) is 16.4. The van der Waals surface area contributed by atoms with Gasteiger partial charge in [-0.1, -0.05) is 36.4 Å². The summed E-state index contributed by atoms with van der Waals surface area (Å²) < 4.78 is 5.82. The normalized spacial score (nSPS) is 18.5. The summed E-state index contributed by atoms with van der Waals surface area (Å²) >= 11 is 0. The molecule has 2 aromatic carbocycles. The molecular weight excluding hydrogens is 354 g/mol. The van der Waals surface area contributed by atoms with Crippen molar-refractivity contribution in [3.8, 4) is 0 Å². The van der Waals surface area contributed by atoms with Gasteiger partial charge in [0.2, 0.25) is 0 Å². The van der Waals surface area contributed by atoms with Gasteiger partial charge in [0.05, 0.1) is 12.7 Å². The molecule has 0 aromatic heterocycles. The Kier molecular flexibility index (Phi) is 6.66. The Morgan fingerprint density at radius 2 is 1.93 bits per heavy atom. The maximum Gasteiger partial charge on any atom is 0.319 e. The van der Waals surface area contributed by atoms with E-state index in [9.17, 15) is 9.59 Å². The maximum atomic E-state index is 12.2. The molecule has 2 atom stereocenters. The van der Waals surface area contributed by atoms with Crippen LogP contribution < -0.4 is 10.6 Å². The molecule has 1 saturated heterocycles. The van der Waals surface area contributed by atoms with Gasteiger partial charge < -0.3 is 20.3 Å². The van der Waals surface area contributed by atoms with E-state index in [0.29, 0.717) is 36.9 Å². The van der Waals surface area contributed by atoms with Crippen LogP contribution >= 0.6 is 0 Å². The first-order valence-electron chi connectivity index (χ1n) is 9.63. The molecule has 148 valence electrons. The molecule has 0 spiro atoms. The van der Waals surface area contributed by atoms with E-state index in [1.807, 2.05) is 25.1 Å². The predicted octanol–water partition coefficient (Wildman–Crippen LogP) is 3.47. The molecule has 2 N–H and O–H groups in total. The Labute approximate surface area is 165 Å². The van der Waals surface area contributed by atoms with Gasteiger partial charge >= 0.3 is 6.03 Å². The van der Waals surface area contributed by atoms with Crippen molar-refractivity contribution in [1.29, 1.82) is 0 Å². The third-order valence-electron chi connectivity index (χ3n) is 5.03. The van der Waals surface area contributed by atoms with Crippen LogP contribution in [-0.4, -0.2) is 49.7 Å². The van der Waals surface area contributed by atoms with Crippen molar-refractivity contribution in [3.05, 3.63) is 65.7 Å². The third kappa shape index (κ3) is 5.10. The molecule has 1 fully saturated rings. The molecule has 0 unspecified atom stereocenters. The standard InChI is InChI=1S/C22H27N3O3/c1-3-25(2)21(26)17-10-7-11-19(12-17)24-22(27)23-14-20-13-18(15-28-20)16-8-5-4-6-9-16/h4-12,18,20H,3,13-15H2,1-2H3,(H2,23,24,27)/t18-,20-/m0/s1. The largest absolute Gasteiger partial charge is 0.376 e. The Bertz CT molecular complexity index is 810. The van der Waals surface area contributed by atoms with Crippen LogP contribution in [0, 0.1) is 0 Å². The van der Waals surface area contributed by atoms with E-state index < -0.39 is 0 Å². The van der Waals surface area contributed by atoms with E-state index in [4.69, 9.17) is 4.74 Å². The number of benzene rings is 2. The summed E-state index contributed by atoms with van der Waals surface area (Å²) in [6.07, 6.45) is 0.888. The molecule has 6 nitrogen and oxygen atoms in total. The minimum atomic E-state index is -0.305. The number of ether oxygens (including phenoxy) is 1. The first-order valence-corrected chi connectivity index (χ1v) is 9.63. The van der Waals surface area contributed by atoms with Crippen molar-refractivity contribution in [2.45, 2.75) is 25.4 Å². The summed E-state index contributed by atoms with van der Waals surface area (Å²) in [4.78, 5) is 26.1. The number of nitrogens with zero attached hydrogens (tertiary/aromatic N) is 1. The number of nitrogens with one attached hydrogen (secondary N) is 2. The second-order valence-electron chi connectivity index (χ2n) is 7.03. The van der Waals surface area contributed by atoms with E-state index >= 15 is 0 Å². The van der Waals surface area contributed by atoms with E-state index in [1.54, 1.807) is 36.2 Å². The first kappa shape index (κ1) is 19.9. The van der Waals surface area contributed by atoms with Gasteiger partial charge in [0.1, 0.15) is 0 Å². The fraction of sp³-hybridized carbons (Fsp3) is 0.364. The summed E-state index contributed by atoms with van der Waals surface area (Å²) in [5, 5.41) is 5.64.